The van der Waals surface area contributed by atoms with E-state index in [-0.39, 0.29) is 5.56 Å². The molecular weight excluding hydrogens is 198 g/mol. The number of carboxylic acid groups (broad SMARTS) is 1. The topological polar surface area (TPSA) is 104 Å². The van der Waals surface area contributed by atoms with E-state index in [1.165, 1.54) is 12.1 Å². The lowest BCUT2D eigenvalue weighted by Gasteiger charge is -2.04. The Kier molecular flexibility index (Phi) is 3.64. The quantitative estimate of drug-likeness (QED) is 0.321. The van der Waals surface area contributed by atoms with Crippen LogP contribution in [-0.2, 0) is 6.54 Å². The van der Waals surface area contributed by atoms with E-state index < -0.39 is 12.0 Å². The van der Waals surface area contributed by atoms with Crippen molar-refractivity contribution in [3.63, 3.8) is 0 Å². The Labute approximate surface area is 86.1 Å². The zero-order chi connectivity index (χ0) is 11.3. The van der Waals surface area contributed by atoms with E-state index >= 15 is 0 Å². The van der Waals surface area contributed by atoms with Crippen LogP contribution in [0.3, 0.4) is 0 Å². The fraction of sp³-hybridized carbons (Fsp3) is 0.111. The molecule has 80 valence electrons. The first-order valence-electron chi connectivity index (χ1n) is 4.20. The zero-order valence-electron chi connectivity index (χ0n) is 7.86. The molecule has 0 aromatic heterocycles. The van der Waals surface area contributed by atoms with Gasteiger partial charge in [0.15, 0.2) is 0 Å². The van der Waals surface area contributed by atoms with E-state index in [2.05, 4.69) is 5.32 Å². The first-order valence-corrected chi connectivity index (χ1v) is 4.20. The average molecular weight is 209 g/mol. The van der Waals surface area contributed by atoms with Gasteiger partial charge in [0.25, 0.3) is 0 Å². The van der Waals surface area contributed by atoms with Gasteiger partial charge in [0.05, 0.1) is 5.56 Å². The Morgan fingerprint density at radius 2 is 1.87 bits per heavy atom. The second-order valence-corrected chi connectivity index (χ2v) is 2.83. The molecule has 0 aliphatic heterocycles. The molecule has 0 atom stereocenters. The molecule has 6 nitrogen and oxygen atoms in total. The molecule has 0 spiro atoms. The molecule has 0 heterocycles. The minimum Gasteiger partial charge on any atom is -0.478 e. The maximum atomic E-state index is 10.7. The number of carbonyl (C=O) groups excluding carboxylic acids is 1. The fourth-order valence-corrected chi connectivity index (χ4v) is 0.999. The molecule has 0 saturated carbocycles. The normalized spacial score (nSPS) is 9.40. The minimum absolute atomic E-state index is 0.210. The summed E-state index contributed by atoms with van der Waals surface area (Å²) in [4.78, 5) is 21.2. The second-order valence-electron chi connectivity index (χ2n) is 2.83. The highest BCUT2D eigenvalue weighted by molar-refractivity contribution is 5.87. The van der Waals surface area contributed by atoms with Gasteiger partial charge in [-0.2, -0.15) is 0 Å². The van der Waals surface area contributed by atoms with Crippen molar-refractivity contribution < 1.29 is 14.7 Å². The van der Waals surface area contributed by atoms with Crippen LogP contribution in [0.2, 0.25) is 0 Å². The lowest BCUT2D eigenvalue weighted by Crippen LogP contribution is -2.39. The number of hydrazine groups is 1. The Hall–Kier alpha value is -2.08. The molecular formula is C9H11N3O3. The molecule has 0 radical (unpaired) electrons. The van der Waals surface area contributed by atoms with Gasteiger partial charge in [-0.25, -0.2) is 15.4 Å². The smallest absolute Gasteiger partial charge is 0.335 e. The second kappa shape index (κ2) is 4.97. The summed E-state index contributed by atoms with van der Waals surface area (Å²) in [5.41, 5.74) is 2.93. The van der Waals surface area contributed by atoms with Crippen molar-refractivity contribution in [3.8, 4) is 0 Å². The fourth-order valence-electron chi connectivity index (χ4n) is 0.999. The monoisotopic (exact) mass is 209 g/mol. The number of benzene rings is 1. The number of urea groups is 1. The Bertz CT molecular complexity index is 361. The van der Waals surface area contributed by atoms with E-state index in [4.69, 9.17) is 10.9 Å². The molecule has 0 unspecified atom stereocenters. The van der Waals surface area contributed by atoms with Crippen molar-refractivity contribution in [3.05, 3.63) is 35.4 Å². The highest BCUT2D eigenvalue weighted by Gasteiger charge is 2.02. The molecule has 1 rings (SSSR count). The molecule has 0 aliphatic carbocycles. The summed E-state index contributed by atoms with van der Waals surface area (Å²) in [5.74, 6) is 3.88. The lowest BCUT2D eigenvalue weighted by molar-refractivity contribution is 0.0697. The predicted octanol–water partition coefficient (Wildman–Crippen LogP) is 0.0577. The van der Waals surface area contributed by atoms with Crippen LogP contribution in [0.4, 0.5) is 4.79 Å². The molecule has 1 aromatic rings. The number of rotatable bonds is 3. The first-order chi connectivity index (χ1) is 7.13. The van der Waals surface area contributed by atoms with Crippen molar-refractivity contribution in [2.24, 2.45) is 5.84 Å². The zero-order valence-corrected chi connectivity index (χ0v) is 7.86. The summed E-state index contributed by atoms with van der Waals surface area (Å²) in [6.45, 7) is 0.295. The predicted molar refractivity (Wildman–Crippen MR) is 53.0 cm³/mol. The molecule has 0 bridgehead atoms. The summed E-state index contributed by atoms with van der Waals surface area (Å²) < 4.78 is 0. The van der Waals surface area contributed by atoms with E-state index in [9.17, 15) is 9.59 Å². The van der Waals surface area contributed by atoms with Gasteiger partial charge in [-0.05, 0) is 17.7 Å². The van der Waals surface area contributed by atoms with Gasteiger partial charge in [-0.15, -0.1) is 0 Å². The van der Waals surface area contributed by atoms with Crippen molar-refractivity contribution in [2.75, 3.05) is 0 Å². The molecule has 5 N–H and O–H groups in total. The molecule has 2 amide bonds. The van der Waals surface area contributed by atoms with Crippen molar-refractivity contribution >= 4 is 12.0 Å². The van der Waals surface area contributed by atoms with Gasteiger partial charge in [-0.1, -0.05) is 12.1 Å². The average Bonchev–Trinajstić information content (AvgIpc) is 2.26. The number of nitrogens with one attached hydrogen (secondary N) is 2. The van der Waals surface area contributed by atoms with Crippen molar-refractivity contribution in [1.82, 2.24) is 10.7 Å². The summed E-state index contributed by atoms with van der Waals surface area (Å²) in [6, 6.07) is 5.71. The summed E-state index contributed by atoms with van der Waals surface area (Å²) in [5, 5.41) is 11.1. The van der Waals surface area contributed by atoms with Gasteiger partial charge in [0.1, 0.15) is 0 Å². The van der Waals surface area contributed by atoms with Gasteiger partial charge < -0.3 is 10.4 Å². The first kappa shape index (κ1) is 11.0. The van der Waals surface area contributed by atoms with Gasteiger partial charge in [-0.3, -0.25) is 5.43 Å². The van der Waals surface area contributed by atoms with Gasteiger partial charge >= 0.3 is 12.0 Å². The Balaban J connectivity index is 2.57. The van der Waals surface area contributed by atoms with Gasteiger partial charge in [0.2, 0.25) is 0 Å². The van der Waals surface area contributed by atoms with E-state index in [0.717, 1.165) is 5.56 Å². The summed E-state index contributed by atoms with van der Waals surface area (Å²) in [7, 11) is 0. The number of hydrogen-bond acceptors (Lipinski definition) is 3. The van der Waals surface area contributed by atoms with Crippen LogP contribution >= 0.6 is 0 Å². The van der Waals surface area contributed by atoms with Crippen LogP contribution in [0.25, 0.3) is 0 Å². The SMILES string of the molecule is NNC(=O)NCc1ccc(C(=O)O)cc1. The standard InChI is InChI=1S/C9H11N3O3/c10-12-9(15)11-5-6-1-3-7(4-2-6)8(13)14/h1-4H,5,10H2,(H,13,14)(H2,11,12,15). The number of nitrogens with two attached hydrogens (primary N) is 1. The van der Waals surface area contributed by atoms with E-state index in [1.807, 2.05) is 5.43 Å². The largest absolute Gasteiger partial charge is 0.478 e. The minimum atomic E-state index is -0.978. The molecule has 15 heavy (non-hydrogen) atoms. The number of amides is 2. The highest BCUT2D eigenvalue weighted by atomic mass is 16.4. The molecule has 0 fully saturated rings. The third-order valence-electron chi connectivity index (χ3n) is 1.79. The number of carboxylic acids is 1. The third kappa shape index (κ3) is 3.28. The van der Waals surface area contributed by atoms with Crippen LogP contribution < -0.4 is 16.6 Å². The number of hydrogen-bond donors (Lipinski definition) is 4. The number of aromatic carboxylic acids is 1. The molecule has 6 heteroatoms. The van der Waals surface area contributed by atoms with E-state index in [1.54, 1.807) is 12.1 Å². The van der Waals surface area contributed by atoms with Crippen molar-refractivity contribution in [1.29, 1.82) is 0 Å². The van der Waals surface area contributed by atoms with Crippen LogP contribution in [0, 0.1) is 0 Å². The number of carbonyl (C=O) groups is 2. The third-order valence-corrected chi connectivity index (χ3v) is 1.79. The maximum absolute atomic E-state index is 10.7. The Morgan fingerprint density at radius 3 is 2.33 bits per heavy atom. The van der Waals surface area contributed by atoms with E-state index in [0.29, 0.717) is 6.54 Å². The molecule has 0 saturated heterocycles. The lowest BCUT2D eigenvalue weighted by atomic mass is 10.1. The highest BCUT2D eigenvalue weighted by Crippen LogP contribution is 2.03. The van der Waals surface area contributed by atoms with Crippen LogP contribution in [0.5, 0.6) is 0 Å². The Morgan fingerprint density at radius 1 is 1.27 bits per heavy atom. The summed E-state index contributed by atoms with van der Waals surface area (Å²) in [6.07, 6.45) is 0. The van der Waals surface area contributed by atoms with Crippen LogP contribution in [0.1, 0.15) is 15.9 Å². The van der Waals surface area contributed by atoms with Crippen LogP contribution in [-0.4, -0.2) is 17.1 Å². The summed E-state index contributed by atoms with van der Waals surface area (Å²) >= 11 is 0. The molecule has 1 aromatic carbocycles. The maximum Gasteiger partial charge on any atom is 0.335 e. The molecule has 0 aliphatic rings. The van der Waals surface area contributed by atoms with Crippen LogP contribution in [0.15, 0.2) is 24.3 Å². The van der Waals surface area contributed by atoms with Crippen molar-refractivity contribution in [2.45, 2.75) is 6.54 Å². The van der Waals surface area contributed by atoms with Gasteiger partial charge in [0, 0.05) is 6.54 Å².